The van der Waals surface area contributed by atoms with E-state index in [-0.39, 0.29) is 11.8 Å². The van der Waals surface area contributed by atoms with Gasteiger partial charge in [-0.2, -0.15) is 0 Å². The average molecular weight is 456 g/mol. The number of rotatable bonds is 4. The van der Waals surface area contributed by atoms with Crippen molar-refractivity contribution in [3.8, 4) is 0 Å². The first-order valence-electron chi connectivity index (χ1n) is 11.6. The van der Waals surface area contributed by atoms with Gasteiger partial charge in [0, 0.05) is 30.9 Å². The number of aryl methyl sites for hydroxylation is 1. The molecule has 0 fully saturated rings. The van der Waals surface area contributed by atoms with Crippen molar-refractivity contribution < 1.29 is 14.0 Å². The fourth-order valence-electron chi connectivity index (χ4n) is 4.98. The molecular weight excluding hydrogens is 426 g/mol. The second-order valence-electron chi connectivity index (χ2n) is 9.43. The molecule has 0 aliphatic carbocycles. The third-order valence-corrected chi connectivity index (χ3v) is 6.83. The molecule has 174 valence electrons. The van der Waals surface area contributed by atoms with Crippen LogP contribution in [0.2, 0.25) is 0 Å². The zero-order chi connectivity index (χ0) is 23.9. The molecule has 1 aromatic heterocycles. The van der Waals surface area contributed by atoms with Crippen LogP contribution in [0.4, 0.5) is 0 Å². The molecular formula is C28H29N3O3. The summed E-state index contributed by atoms with van der Waals surface area (Å²) in [5.74, 6) is 0.382. The van der Waals surface area contributed by atoms with Gasteiger partial charge < -0.3 is 19.5 Å². The van der Waals surface area contributed by atoms with E-state index < -0.39 is 11.6 Å². The van der Waals surface area contributed by atoms with E-state index >= 15 is 0 Å². The van der Waals surface area contributed by atoms with Crippen LogP contribution in [0.15, 0.2) is 88.7 Å². The summed E-state index contributed by atoms with van der Waals surface area (Å²) in [6.45, 7) is 7.59. The number of nitrogens with zero attached hydrogens (tertiary/aromatic N) is 2. The van der Waals surface area contributed by atoms with Gasteiger partial charge >= 0.3 is 0 Å². The number of carbonyl (C=O) groups excluding carboxylic acids is 2. The number of hydrogen-bond acceptors (Lipinski definition) is 4. The number of carbonyl (C=O) groups is 2. The smallest absolute Gasteiger partial charge is 0.255 e. The topological polar surface area (TPSA) is 65.8 Å². The fourth-order valence-corrected chi connectivity index (χ4v) is 4.98. The summed E-state index contributed by atoms with van der Waals surface area (Å²) >= 11 is 0. The van der Waals surface area contributed by atoms with E-state index in [1.807, 2.05) is 72.5 Å². The van der Waals surface area contributed by atoms with Gasteiger partial charge in [-0.3, -0.25) is 9.59 Å². The third kappa shape index (κ3) is 3.69. The van der Waals surface area contributed by atoms with Gasteiger partial charge in [0.2, 0.25) is 0 Å². The molecule has 3 heterocycles. The van der Waals surface area contributed by atoms with E-state index in [4.69, 9.17) is 4.42 Å². The Morgan fingerprint density at radius 2 is 1.79 bits per heavy atom. The molecule has 0 saturated carbocycles. The van der Waals surface area contributed by atoms with E-state index in [0.717, 1.165) is 16.8 Å². The summed E-state index contributed by atoms with van der Waals surface area (Å²) in [7, 11) is 0. The monoisotopic (exact) mass is 455 g/mol. The summed E-state index contributed by atoms with van der Waals surface area (Å²) < 4.78 is 5.82. The lowest BCUT2D eigenvalue weighted by molar-refractivity contribution is -0.130. The highest BCUT2D eigenvalue weighted by Gasteiger charge is 2.51. The van der Waals surface area contributed by atoms with Crippen LogP contribution in [0, 0.1) is 6.92 Å². The van der Waals surface area contributed by atoms with Gasteiger partial charge in [-0.25, -0.2) is 0 Å². The molecule has 3 aromatic rings. The SMILES string of the molecule is Cc1ccc(C(=O)N2CCNC3=C(C(=O)N(Cc4ccccc4)C3(C)C)C2c2ccco2)cc1. The number of benzene rings is 2. The highest BCUT2D eigenvalue weighted by molar-refractivity contribution is 6.02. The summed E-state index contributed by atoms with van der Waals surface area (Å²) in [6.07, 6.45) is 1.59. The van der Waals surface area contributed by atoms with E-state index in [9.17, 15) is 9.59 Å². The van der Waals surface area contributed by atoms with Crippen molar-refractivity contribution >= 4 is 11.8 Å². The highest BCUT2D eigenvalue weighted by atomic mass is 16.3. The maximum Gasteiger partial charge on any atom is 0.255 e. The van der Waals surface area contributed by atoms with Gasteiger partial charge in [0.15, 0.2) is 0 Å². The molecule has 1 N–H and O–H groups in total. The first kappa shape index (κ1) is 22.0. The van der Waals surface area contributed by atoms with E-state index in [1.165, 1.54) is 0 Å². The van der Waals surface area contributed by atoms with Crippen molar-refractivity contribution in [1.82, 2.24) is 15.1 Å². The van der Waals surface area contributed by atoms with Crippen LogP contribution >= 0.6 is 0 Å². The van der Waals surface area contributed by atoms with Crippen LogP contribution in [-0.4, -0.2) is 40.2 Å². The normalized spacial score (nSPS) is 19.6. The Kier molecular flexibility index (Phi) is 5.52. The van der Waals surface area contributed by atoms with E-state index in [0.29, 0.717) is 36.5 Å². The van der Waals surface area contributed by atoms with Gasteiger partial charge in [-0.1, -0.05) is 48.0 Å². The van der Waals surface area contributed by atoms with Crippen molar-refractivity contribution in [3.63, 3.8) is 0 Å². The molecule has 6 heteroatoms. The number of furan rings is 1. The number of nitrogens with one attached hydrogen (secondary N) is 1. The molecule has 2 aliphatic heterocycles. The minimum absolute atomic E-state index is 0.0821. The van der Waals surface area contributed by atoms with Crippen LogP contribution in [0.3, 0.4) is 0 Å². The first-order valence-corrected chi connectivity index (χ1v) is 11.6. The Morgan fingerprint density at radius 3 is 2.47 bits per heavy atom. The Balaban J connectivity index is 1.58. The number of amides is 2. The second-order valence-corrected chi connectivity index (χ2v) is 9.43. The van der Waals surface area contributed by atoms with Gasteiger partial charge in [-0.05, 0) is 50.6 Å². The second kappa shape index (κ2) is 8.52. The largest absolute Gasteiger partial charge is 0.467 e. The fraction of sp³-hybridized carbons (Fsp3) is 0.286. The number of hydrogen-bond donors (Lipinski definition) is 1. The van der Waals surface area contributed by atoms with Gasteiger partial charge in [0.25, 0.3) is 11.8 Å². The zero-order valence-corrected chi connectivity index (χ0v) is 19.7. The molecule has 0 saturated heterocycles. The average Bonchev–Trinajstić information content (AvgIpc) is 3.35. The maximum absolute atomic E-state index is 14.0. The third-order valence-electron chi connectivity index (χ3n) is 6.83. The van der Waals surface area contributed by atoms with Gasteiger partial charge in [-0.15, -0.1) is 0 Å². The van der Waals surface area contributed by atoms with Crippen molar-refractivity contribution in [3.05, 3.63) is 107 Å². The molecule has 2 aliphatic rings. The summed E-state index contributed by atoms with van der Waals surface area (Å²) in [6, 6.07) is 20.6. The molecule has 0 radical (unpaired) electrons. The van der Waals surface area contributed by atoms with Crippen molar-refractivity contribution in [2.45, 2.75) is 38.9 Å². The van der Waals surface area contributed by atoms with Crippen LogP contribution in [0.5, 0.6) is 0 Å². The quantitative estimate of drug-likeness (QED) is 0.631. The molecule has 1 unspecified atom stereocenters. The molecule has 6 nitrogen and oxygen atoms in total. The molecule has 2 amide bonds. The summed E-state index contributed by atoms with van der Waals surface area (Å²) in [5.41, 5.74) is 3.62. The summed E-state index contributed by atoms with van der Waals surface area (Å²) in [5, 5.41) is 3.50. The standard InChI is InChI=1S/C28H29N3O3/c1-19-11-13-21(14-12-19)26(32)30-16-15-29-25-23(24(30)22-10-7-17-34-22)27(33)31(28(25,2)3)18-20-8-5-4-6-9-20/h4-14,17,24,29H,15-16,18H2,1-3H3. The lowest BCUT2D eigenvalue weighted by Gasteiger charge is -2.35. The molecule has 1 atom stereocenters. The van der Waals surface area contributed by atoms with Gasteiger partial charge in [0.05, 0.1) is 17.4 Å². The molecule has 0 bridgehead atoms. The molecule has 5 rings (SSSR count). The van der Waals surface area contributed by atoms with Crippen molar-refractivity contribution in [2.24, 2.45) is 0 Å². The van der Waals surface area contributed by atoms with Crippen LogP contribution < -0.4 is 5.32 Å². The van der Waals surface area contributed by atoms with Crippen molar-refractivity contribution in [2.75, 3.05) is 13.1 Å². The lowest BCUT2D eigenvalue weighted by Crippen LogP contribution is -2.47. The summed E-state index contributed by atoms with van der Waals surface area (Å²) in [4.78, 5) is 31.4. The maximum atomic E-state index is 14.0. The highest BCUT2D eigenvalue weighted by Crippen LogP contribution is 2.44. The van der Waals surface area contributed by atoms with Crippen LogP contribution in [0.1, 0.15) is 47.1 Å². The Hall–Kier alpha value is -3.80. The zero-order valence-electron chi connectivity index (χ0n) is 19.7. The first-order chi connectivity index (χ1) is 16.4. The Bertz CT molecular complexity index is 1230. The van der Waals surface area contributed by atoms with Gasteiger partial charge in [0.1, 0.15) is 11.8 Å². The predicted molar refractivity (Wildman–Crippen MR) is 130 cm³/mol. The minimum atomic E-state index is -0.610. The minimum Gasteiger partial charge on any atom is -0.467 e. The van der Waals surface area contributed by atoms with Crippen molar-refractivity contribution in [1.29, 1.82) is 0 Å². The van der Waals surface area contributed by atoms with E-state index in [1.54, 1.807) is 17.2 Å². The molecule has 2 aromatic carbocycles. The van der Waals surface area contributed by atoms with Crippen LogP contribution in [-0.2, 0) is 11.3 Å². The molecule has 0 spiro atoms. The van der Waals surface area contributed by atoms with Crippen LogP contribution in [0.25, 0.3) is 0 Å². The Labute approximate surface area is 199 Å². The molecule has 34 heavy (non-hydrogen) atoms. The Morgan fingerprint density at radius 1 is 1.06 bits per heavy atom. The van der Waals surface area contributed by atoms with E-state index in [2.05, 4.69) is 19.2 Å². The predicted octanol–water partition coefficient (Wildman–Crippen LogP) is 4.45. The lowest BCUT2D eigenvalue weighted by atomic mass is 9.95.